The third kappa shape index (κ3) is 12.0. The molecule has 0 rings (SSSR count). The Kier molecular flexibility index (Phi) is 11.6. The monoisotopic (exact) mass is 314 g/mol. The first kappa shape index (κ1) is 21.4. The van der Waals surface area contributed by atoms with Crippen LogP contribution < -0.4 is 11.5 Å². The van der Waals surface area contributed by atoms with Gasteiger partial charge in [-0.15, -0.1) is 0 Å². The molecule has 0 aliphatic heterocycles. The van der Waals surface area contributed by atoms with Crippen molar-refractivity contribution in [2.24, 2.45) is 11.5 Å². The van der Waals surface area contributed by atoms with Gasteiger partial charge in [-0.2, -0.15) is 0 Å². The molecule has 0 fully saturated rings. The summed E-state index contributed by atoms with van der Waals surface area (Å²) in [7, 11) is 0. The highest BCUT2D eigenvalue weighted by molar-refractivity contribution is 5.75. The Balaban J connectivity index is 3.87. The van der Waals surface area contributed by atoms with Crippen LogP contribution in [0.5, 0.6) is 0 Å². The Morgan fingerprint density at radius 1 is 1.00 bits per heavy atom. The van der Waals surface area contributed by atoms with Gasteiger partial charge in [0.15, 0.2) is 0 Å². The molecule has 22 heavy (non-hydrogen) atoms. The summed E-state index contributed by atoms with van der Waals surface area (Å²) >= 11 is 0. The van der Waals surface area contributed by atoms with Crippen LogP contribution in [0.3, 0.4) is 0 Å². The van der Waals surface area contributed by atoms with Crippen LogP contribution in [0.25, 0.3) is 0 Å². The summed E-state index contributed by atoms with van der Waals surface area (Å²) in [6.45, 7) is 8.10. The molecule has 0 radical (unpaired) electrons. The summed E-state index contributed by atoms with van der Waals surface area (Å²) in [4.78, 5) is 12.0. The highest BCUT2D eigenvalue weighted by atomic mass is 16.6. The molecule has 0 aromatic heterocycles. The van der Waals surface area contributed by atoms with Crippen molar-refractivity contribution in [1.29, 1.82) is 0 Å². The number of hydrogen-bond donors (Lipinski definition) is 2. The average Bonchev–Trinajstić information content (AvgIpc) is 2.41. The SMILES string of the molecule is CCCCCCCCC(N)C(=O)OC(C)(C)CCCC(C)N. The fraction of sp³-hybridized carbons (Fsp3) is 0.944. The third-order valence-corrected chi connectivity index (χ3v) is 3.99. The van der Waals surface area contributed by atoms with E-state index in [4.69, 9.17) is 16.2 Å². The number of unbranched alkanes of at least 4 members (excludes halogenated alkanes) is 5. The van der Waals surface area contributed by atoms with E-state index < -0.39 is 11.6 Å². The van der Waals surface area contributed by atoms with Gasteiger partial charge in [0, 0.05) is 6.04 Å². The van der Waals surface area contributed by atoms with Gasteiger partial charge in [-0.25, -0.2) is 0 Å². The maximum atomic E-state index is 12.0. The van der Waals surface area contributed by atoms with Crippen LogP contribution in [0.15, 0.2) is 0 Å². The van der Waals surface area contributed by atoms with E-state index in [0.717, 1.165) is 38.5 Å². The van der Waals surface area contributed by atoms with Crippen molar-refractivity contribution >= 4 is 5.97 Å². The molecule has 0 aromatic carbocycles. The van der Waals surface area contributed by atoms with Crippen molar-refractivity contribution < 1.29 is 9.53 Å². The van der Waals surface area contributed by atoms with Gasteiger partial charge in [-0.1, -0.05) is 45.4 Å². The summed E-state index contributed by atoms with van der Waals surface area (Å²) in [5.41, 5.74) is 11.2. The van der Waals surface area contributed by atoms with Gasteiger partial charge in [-0.05, 0) is 46.5 Å². The lowest BCUT2D eigenvalue weighted by Crippen LogP contribution is -2.38. The highest BCUT2D eigenvalue weighted by Crippen LogP contribution is 2.20. The van der Waals surface area contributed by atoms with Crippen molar-refractivity contribution in [3.63, 3.8) is 0 Å². The van der Waals surface area contributed by atoms with Crippen LogP contribution in [-0.2, 0) is 9.53 Å². The van der Waals surface area contributed by atoms with Gasteiger partial charge in [0.1, 0.15) is 11.6 Å². The molecule has 2 unspecified atom stereocenters. The van der Waals surface area contributed by atoms with E-state index in [1.165, 1.54) is 25.7 Å². The van der Waals surface area contributed by atoms with Crippen LogP contribution >= 0.6 is 0 Å². The first-order valence-electron chi connectivity index (χ1n) is 9.02. The van der Waals surface area contributed by atoms with E-state index in [0.29, 0.717) is 0 Å². The molecule has 0 amide bonds. The zero-order chi connectivity index (χ0) is 17.0. The number of nitrogens with two attached hydrogens (primary N) is 2. The van der Waals surface area contributed by atoms with Crippen LogP contribution in [-0.4, -0.2) is 23.7 Å². The summed E-state index contributed by atoms with van der Waals surface area (Å²) in [6.07, 6.45) is 10.7. The molecule has 0 spiro atoms. The van der Waals surface area contributed by atoms with Gasteiger partial charge in [0.25, 0.3) is 0 Å². The van der Waals surface area contributed by atoms with Gasteiger partial charge >= 0.3 is 5.97 Å². The van der Waals surface area contributed by atoms with Gasteiger partial charge in [0.2, 0.25) is 0 Å². The fourth-order valence-corrected chi connectivity index (χ4v) is 2.51. The number of rotatable bonds is 13. The predicted molar refractivity (Wildman–Crippen MR) is 93.6 cm³/mol. The smallest absolute Gasteiger partial charge is 0.323 e. The van der Waals surface area contributed by atoms with Crippen molar-refractivity contribution in [1.82, 2.24) is 0 Å². The molecule has 0 saturated carbocycles. The van der Waals surface area contributed by atoms with Crippen molar-refractivity contribution in [2.75, 3.05) is 0 Å². The number of carbonyl (C=O) groups is 1. The topological polar surface area (TPSA) is 78.3 Å². The van der Waals surface area contributed by atoms with Gasteiger partial charge in [0.05, 0.1) is 0 Å². The van der Waals surface area contributed by atoms with Crippen LogP contribution in [0.1, 0.15) is 91.9 Å². The van der Waals surface area contributed by atoms with Crippen LogP contribution in [0.2, 0.25) is 0 Å². The normalized spacial score (nSPS) is 14.6. The molecule has 0 heterocycles. The summed E-state index contributed by atoms with van der Waals surface area (Å²) in [5.74, 6) is -0.264. The van der Waals surface area contributed by atoms with Gasteiger partial charge in [-0.3, -0.25) is 4.79 Å². The summed E-state index contributed by atoms with van der Waals surface area (Å²) < 4.78 is 5.57. The van der Waals surface area contributed by atoms with Crippen LogP contribution in [0, 0.1) is 0 Å². The van der Waals surface area contributed by atoms with E-state index >= 15 is 0 Å². The Morgan fingerprint density at radius 2 is 1.59 bits per heavy atom. The molecule has 4 nitrogen and oxygen atoms in total. The van der Waals surface area contributed by atoms with E-state index in [-0.39, 0.29) is 12.0 Å². The summed E-state index contributed by atoms with van der Waals surface area (Å²) in [6, 6.07) is -0.291. The molecule has 4 N–H and O–H groups in total. The van der Waals surface area contributed by atoms with E-state index in [1.807, 2.05) is 20.8 Å². The minimum Gasteiger partial charge on any atom is -0.459 e. The molecule has 2 atom stereocenters. The first-order chi connectivity index (χ1) is 10.3. The second kappa shape index (κ2) is 11.9. The average molecular weight is 315 g/mol. The third-order valence-electron chi connectivity index (χ3n) is 3.99. The minimum atomic E-state index is -0.487. The maximum absolute atomic E-state index is 12.0. The number of hydrogen-bond acceptors (Lipinski definition) is 4. The number of carbonyl (C=O) groups excluding carboxylic acids is 1. The molecule has 0 aromatic rings. The van der Waals surface area contributed by atoms with Crippen LogP contribution in [0.4, 0.5) is 0 Å². The van der Waals surface area contributed by atoms with Crippen molar-refractivity contribution in [3.05, 3.63) is 0 Å². The Morgan fingerprint density at radius 3 is 2.18 bits per heavy atom. The first-order valence-corrected chi connectivity index (χ1v) is 9.02. The van der Waals surface area contributed by atoms with E-state index in [2.05, 4.69) is 6.92 Å². The summed E-state index contributed by atoms with van der Waals surface area (Å²) in [5, 5.41) is 0. The number of esters is 1. The fourth-order valence-electron chi connectivity index (χ4n) is 2.51. The Bertz CT molecular complexity index is 291. The highest BCUT2D eigenvalue weighted by Gasteiger charge is 2.25. The van der Waals surface area contributed by atoms with Crippen molar-refractivity contribution in [2.45, 2.75) is 110 Å². The molecular weight excluding hydrogens is 276 g/mol. The van der Waals surface area contributed by atoms with E-state index in [1.54, 1.807) is 0 Å². The molecule has 0 aliphatic rings. The number of ether oxygens (including phenoxy) is 1. The predicted octanol–water partition coefficient (Wildman–Crippen LogP) is 3.90. The lowest BCUT2D eigenvalue weighted by Gasteiger charge is -2.27. The molecule has 0 bridgehead atoms. The largest absolute Gasteiger partial charge is 0.459 e. The maximum Gasteiger partial charge on any atom is 0.323 e. The standard InChI is InChI=1S/C18H38N2O2/c1-5-6-7-8-9-10-13-16(20)17(21)22-18(3,4)14-11-12-15(2)19/h15-16H,5-14,19-20H2,1-4H3. The molecule has 4 heteroatoms. The quantitative estimate of drug-likeness (QED) is 0.399. The second-order valence-corrected chi connectivity index (χ2v) is 7.21. The lowest BCUT2D eigenvalue weighted by atomic mass is 9.99. The second-order valence-electron chi connectivity index (χ2n) is 7.21. The molecular formula is C18H38N2O2. The van der Waals surface area contributed by atoms with Crippen molar-refractivity contribution in [3.8, 4) is 0 Å². The van der Waals surface area contributed by atoms with Gasteiger partial charge < -0.3 is 16.2 Å². The Labute approximate surface area is 137 Å². The molecule has 0 aliphatic carbocycles. The zero-order valence-electron chi connectivity index (χ0n) is 15.2. The lowest BCUT2D eigenvalue weighted by molar-refractivity contribution is -0.159. The minimum absolute atomic E-state index is 0.196. The molecule has 132 valence electrons. The zero-order valence-corrected chi connectivity index (χ0v) is 15.2. The molecule has 0 saturated heterocycles. The van der Waals surface area contributed by atoms with E-state index in [9.17, 15) is 4.79 Å². The Hall–Kier alpha value is -0.610.